The van der Waals surface area contributed by atoms with Crippen molar-refractivity contribution in [3.05, 3.63) is 21.4 Å². The summed E-state index contributed by atoms with van der Waals surface area (Å²) in [5.41, 5.74) is 1.05. The quantitative estimate of drug-likeness (QED) is 0.837. The molecular formula is C10H13IN2O. The van der Waals surface area contributed by atoms with Crippen LogP contribution in [0.1, 0.15) is 12.1 Å². The van der Waals surface area contributed by atoms with Crippen LogP contribution in [0.15, 0.2) is 12.1 Å². The number of rotatable bonds is 3. The van der Waals surface area contributed by atoms with Crippen LogP contribution in [-0.2, 0) is 0 Å². The maximum absolute atomic E-state index is 8.89. The number of hydrogen-bond donors (Lipinski definition) is 2. The summed E-state index contributed by atoms with van der Waals surface area (Å²) in [5.74, 6) is 1.35. The minimum absolute atomic E-state index is 0.279. The van der Waals surface area contributed by atoms with E-state index in [2.05, 4.69) is 39.0 Å². The Labute approximate surface area is 97.1 Å². The molecule has 1 aliphatic carbocycles. The summed E-state index contributed by atoms with van der Waals surface area (Å²) in [6, 6.07) is 4.47. The molecule has 1 heterocycles. The maximum Gasteiger partial charge on any atom is 0.126 e. The standard InChI is InChI=1S/C10H13IN2O/c1-6-8(11)2-3-10(12-6)13-9-4-7(9)5-14/h2-3,7,9,14H,4-5H2,1H3,(H,12,13)/t7-,9+/m0/s1. The van der Waals surface area contributed by atoms with Gasteiger partial charge in [0.1, 0.15) is 5.82 Å². The third-order valence-corrected chi connectivity index (χ3v) is 3.65. The van der Waals surface area contributed by atoms with Crippen molar-refractivity contribution in [2.24, 2.45) is 5.92 Å². The second-order valence-electron chi connectivity index (χ2n) is 3.69. The zero-order valence-electron chi connectivity index (χ0n) is 8.00. The van der Waals surface area contributed by atoms with Crippen molar-refractivity contribution < 1.29 is 5.11 Å². The third kappa shape index (κ3) is 2.17. The van der Waals surface area contributed by atoms with E-state index in [1.165, 1.54) is 3.57 Å². The normalized spacial score (nSPS) is 24.8. The first-order valence-corrected chi connectivity index (χ1v) is 5.79. The monoisotopic (exact) mass is 304 g/mol. The topological polar surface area (TPSA) is 45.2 Å². The van der Waals surface area contributed by atoms with Gasteiger partial charge in [-0.1, -0.05) is 0 Å². The molecule has 2 N–H and O–H groups in total. The first-order chi connectivity index (χ1) is 6.70. The lowest BCUT2D eigenvalue weighted by Gasteiger charge is -2.05. The van der Waals surface area contributed by atoms with Gasteiger partial charge in [0.25, 0.3) is 0 Å². The number of hydrogen-bond acceptors (Lipinski definition) is 3. The lowest BCUT2D eigenvalue weighted by atomic mass is 10.3. The van der Waals surface area contributed by atoms with Crippen molar-refractivity contribution in [1.82, 2.24) is 4.98 Å². The summed E-state index contributed by atoms with van der Waals surface area (Å²) in [7, 11) is 0. The van der Waals surface area contributed by atoms with Gasteiger partial charge in [-0.05, 0) is 48.1 Å². The molecule has 0 unspecified atom stereocenters. The third-order valence-electron chi connectivity index (χ3n) is 2.51. The van der Waals surface area contributed by atoms with Gasteiger partial charge in [0, 0.05) is 22.1 Å². The average molecular weight is 304 g/mol. The first-order valence-electron chi connectivity index (χ1n) is 4.71. The zero-order valence-corrected chi connectivity index (χ0v) is 10.2. The molecule has 14 heavy (non-hydrogen) atoms. The molecule has 2 rings (SSSR count). The SMILES string of the molecule is Cc1nc(N[C@@H]2C[C@H]2CO)ccc1I. The summed E-state index contributed by atoms with van der Waals surface area (Å²) >= 11 is 2.27. The van der Waals surface area contributed by atoms with Gasteiger partial charge in [-0.25, -0.2) is 4.98 Å². The Kier molecular flexibility index (Phi) is 2.92. The number of aliphatic hydroxyl groups excluding tert-OH is 1. The number of pyridine rings is 1. The second kappa shape index (κ2) is 4.02. The van der Waals surface area contributed by atoms with Crippen LogP contribution in [0.25, 0.3) is 0 Å². The van der Waals surface area contributed by atoms with Crippen LogP contribution in [0.2, 0.25) is 0 Å². The van der Waals surface area contributed by atoms with Gasteiger partial charge in [0.15, 0.2) is 0 Å². The van der Waals surface area contributed by atoms with Crippen molar-refractivity contribution >= 4 is 28.4 Å². The smallest absolute Gasteiger partial charge is 0.126 e. The number of aryl methyl sites for hydroxylation is 1. The highest BCUT2D eigenvalue weighted by atomic mass is 127. The fourth-order valence-corrected chi connectivity index (χ4v) is 1.74. The first kappa shape index (κ1) is 10.2. The predicted molar refractivity (Wildman–Crippen MR) is 64.3 cm³/mol. The van der Waals surface area contributed by atoms with E-state index in [0.29, 0.717) is 12.0 Å². The van der Waals surface area contributed by atoms with E-state index >= 15 is 0 Å². The molecule has 4 heteroatoms. The minimum atomic E-state index is 0.279. The molecule has 76 valence electrons. The fourth-order valence-electron chi connectivity index (χ4n) is 1.44. The highest BCUT2D eigenvalue weighted by Crippen LogP contribution is 2.32. The number of nitrogens with zero attached hydrogens (tertiary/aromatic N) is 1. The maximum atomic E-state index is 8.89. The van der Waals surface area contributed by atoms with E-state index in [4.69, 9.17) is 5.11 Å². The van der Waals surface area contributed by atoms with Gasteiger partial charge >= 0.3 is 0 Å². The fraction of sp³-hybridized carbons (Fsp3) is 0.500. The molecule has 1 aromatic rings. The zero-order chi connectivity index (χ0) is 10.1. The van der Waals surface area contributed by atoms with E-state index in [1.807, 2.05) is 13.0 Å². The van der Waals surface area contributed by atoms with Crippen molar-refractivity contribution in [1.29, 1.82) is 0 Å². The summed E-state index contributed by atoms with van der Waals surface area (Å²) < 4.78 is 1.18. The molecule has 1 saturated carbocycles. The van der Waals surface area contributed by atoms with Crippen LogP contribution in [0.4, 0.5) is 5.82 Å². The predicted octanol–water partition coefficient (Wildman–Crippen LogP) is 1.79. The van der Waals surface area contributed by atoms with E-state index < -0.39 is 0 Å². The average Bonchev–Trinajstić information content (AvgIpc) is 2.90. The Morgan fingerprint density at radius 3 is 3.00 bits per heavy atom. The van der Waals surface area contributed by atoms with Crippen molar-refractivity contribution in [2.45, 2.75) is 19.4 Å². The molecule has 0 aliphatic heterocycles. The molecule has 0 amide bonds. The Morgan fingerprint density at radius 1 is 1.64 bits per heavy atom. The Balaban J connectivity index is 2.00. The highest BCUT2D eigenvalue weighted by molar-refractivity contribution is 14.1. The van der Waals surface area contributed by atoms with Gasteiger partial charge < -0.3 is 10.4 Å². The summed E-state index contributed by atoms with van der Waals surface area (Å²) in [6.07, 6.45) is 1.06. The van der Waals surface area contributed by atoms with Gasteiger partial charge in [-0.3, -0.25) is 0 Å². The Morgan fingerprint density at radius 2 is 2.43 bits per heavy atom. The van der Waals surface area contributed by atoms with Crippen LogP contribution < -0.4 is 5.32 Å². The number of aliphatic hydroxyl groups is 1. The Bertz CT molecular complexity index is 343. The molecule has 0 bridgehead atoms. The van der Waals surface area contributed by atoms with Crippen LogP contribution in [0, 0.1) is 16.4 Å². The molecule has 0 radical (unpaired) electrons. The molecule has 3 nitrogen and oxygen atoms in total. The molecular weight excluding hydrogens is 291 g/mol. The van der Waals surface area contributed by atoms with Crippen LogP contribution in [-0.4, -0.2) is 22.7 Å². The van der Waals surface area contributed by atoms with Crippen molar-refractivity contribution in [3.8, 4) is 0 Å². The molecule has 1 aliphatic rings. The second-order valence-corrected chi connectivity index (χ2v) is 4.86. The summed E-state index contributed by atoms with van der Waals surface area (Å²) in [4.78, 5) is 4.42. The Hall–Kier alpha value is -0.360. The number of aromatic nitrogens is 1. The molecule has 1 aromatic heterocycles. The summed E-state index contributed by atoms with van der Waals surface area (Å²) in [5, 5.41) is 12.2. The van der Waals surface area contributed by atoms with Gasteiger partial charge in [0.2, 0.25) is 0 Å². The largest absolute Gasteiger partial charge is 0.396 e. The van der Waals surface area contributed by atoms with Gasteiger partial charge in [-0.15, -0.1) is 0 Å². The molecule has 0 saturated heterocycles. The molecule has 0 spiro atoms. The lowest BCUT2D eigenvalue weighted by molar-refractivity contribution is 0.275. The number of nitrogens with one attached hydrogen (secondary N) is 1. The van der Waals surface area contributed by atoms with E-state index in [1.54, 1.807) is 0 Å². The molecule has 1 fully saturated rings. The van der Waals surface area contributed by atoms with E-state index in [9.17, 15) is 0 Å². The molecule has 2 atom stereocenters. The van der Waals surface area contributed by atoms with Crippen molar-refractivity contribution in [2.75, 3.05) is 11.9 Å². The van der Waals surface area contributed by atoms with Gasteiger partial charge in [0.05, 0.1) is 5.69 Å². The van der Waals surface area contributed by atoms with Crippen LogP contribution >= 0.6 is 22.6 Å². The number of anilines is 1. The van der Waals surface area contributed by atoms with E-state index in [0.717, 1.165) is 17.9 Å². The lowest BCUT2D eigenvalue weighted by Crippen LogP contribution is -2.08. The van der Waals surface area contributed by atoms with E-state index in [-0.39, 0.29) is 6.61 Å². The highest BCUT2D eigenvalue weighted by Gasteiger charge is 2.36. The van der Waals surface area contributed by atoms with Crippen LogP contribution in [0.5, 0.6) is 0 Å². The summed E-state index contributed by atoms with van der Waals surface area (Å²) in [6.45, 7) is 2.28. The van der Waals surface area contributed by atoms with Gasteiger partial charge in [-0.2, -0.15) is 0 Å². The number of halogens is 1. The molecule has 0 aromatic carbocycles. The minimum Gasteiger partial charge on any atom is -0.396 e. The van der Waals surface area contributed by atoms with Crippen molar-refractivity contribution in [3.63, 3.8) is 0 Å². The van der Waals surface area contributed by atoms with Crippen LogP contribution in [0.3, 0.4) is 0 Å².